The first-order chi connectivity index (χ1) is 7.42. The zero-order valence-electron chi connectivity index (χ0n) is 9.47. The summed E-state index contributed by atoms with van der Waals surface area (Å²) in [6, 6.07) is 9.62. The number of hydroxylamine groups is 1. The van der Waals surface area contributed by atoms with Crippen molar-refractivity contribution < 1.29 is 15.1 Å². The third-order valence-electron chi connectivity index (χ3n) is 3.03. The highest BCUT2D eigenvalue weighted by molar-refractivity contribution is 5.19. The number of nitrogens with one attached hydrogen (secondary N) is 1. The maximum Gasteiger partial charge on any atom is 0.168 e. The van der Waals surface area contributed by atoms with E-state index in [2.05, 4.69) is 5.48 Å². The monoisotopic (exact) mass is 223 g/mol. The molecule has 1 heterocycles. The van der Waals surface area contributed by atoms with Gasteiger partial charge in [0.05, 0.1) is 0 Å². The second-order valence-corrected chi connectivity index (χ2v) is 4.74. The summed E-state index contributed by atoms with van der Waals surface area (Å²) in [7, 11) is 0. The largest absolute Gasteiger partial charge is 0.386 e. The second-order valence-electron chi connectivity index (χ2n) is 4.74. The van der Waals surface area contributed by atoms with Crippen molar-refractivity contribution in [2.45, 2.75) is 37.7 Å². The first-order valence-corrected chi connectivity index (χ1v) is 5.35. The number of rotatable bonds is 2. The van der Waals surface area contributed by atoms with Gasteiger partial charge in [-0.15, -0.1) is 0 Å². The fourth-order valence-corrected chi connectivity index (χ4v) is 1.75. The lowest BCUT2D eigenvalue weighted by Crippen LogP contribution is -2.56. The Morgan fingerprint density at radius 1 is 1.38 bits per heavy atom. The molecule has 0 radical (unpaired) electrons. The normalized spacial score (nSPS) is 30.6. The van der Waals surface area contributed by atoms with Crippen LogP contribution >= 0.6 is 0 Å². The molecule has 3 N–H and O–H groups in total. The number of hydrogen-bond acceptors (Lipinski definition) is 4. The highest BCUT2D eigenvalue weighted by atomic mass is 16.7. The lowest BCUT2D eigenvalue weighted by molar-refractivity contribution is -0.173. The van der Waals surface area contributed by atoms with Crippen LogP contribution in [0.25, 0.3) is 0 Å². The minimum Gasteiger partial charge on any atom is -0.386 e. The van der Waals surface area contributed by atoms with Crippen LogP contribution < -0.4 is 5.48 Å². The fourth-order valence-electron chi connectivity index (χ4n) is 1.75. The Bertz CT molecular complexity index is 360. The van der Waals surface area contributed by atoms with Gasteiger partial charge in [0.2, 0.25) is 0 Å². The van der Waals surface area contributed by atoms with Gasteiger partial charge in [0.25, 0.3) is 0 Å². The molecule has 4 heteroatoms. The minimum atomic E-state index is -1.41. The van der Waals surface area contributed by atoms with E-state index >= 15 is 0 Å². The Kier molecular flexibility index (Phi) is 2.75. The molecule has 88 valence electrons. The van der Waals surface area contributed by atoms with Crippen LogP contribution in [0.1, 0.15) is 31.9 Å². The van der Waals surface area contributed by atoms with E-state index in [4.69, 9.17) is 4.84 Å². The van der Waals surface area contributed by atoms with Crippen molar-refractivity contribution in [1.82, 2.24) is 5.48 Å². The summed E-state index contributed by atoms with van der Waals surface area (Å²) in [5.74, 6) is 0. The predicted octanol–water partition coefficient (Wildman–Crippen LogP) is 1.11. The smallest absolute Gasteiger partial charge is 0.168 e. The van der Waals surface area contributed by atoms with Gasteiger partial charge >= 0.3 is 0 Å². The van der Waals surface area contributed by atoms with E-state index in [1.807, 2.05) is 30.3 Å². The Labute approximate surface area is 94.8 Å². The van der Waals surface area contributed by atoms with Crippen LogP contribution in [0.3, 0.4) is 0 Å². The van der Waals surface area contributed by atoms with Crippen LogP contribution in [0.15, 0.2) is 30.3 Å². The van der Waals surface area contributed by atoms with Crippen LogP contribution in [0.5, 0.6) is 0 Å². The fraction of sp³-hybridized carbons (Fsp3) is 0.500. The molecule has 2 rings (SSSR count). The van der Waals surface area contributed by atoms with Gasteiger partial charge < -0.3 is 10.2 Å². The number of aliphatic hydroxyl groups is 2. The zero-order chi connectivity index (χ0) is 11.8. The van der Waals surface area contributed by atoms with Gasteiger partial charge in [-0.25, -0.2) is 0 Å². The van der Waals surface area contributed by atoms with Gasteiger partial charge in [-0.05, 0) is 19.4 Å². The van der Waals surface area contributed by atoms with Crippen LogP contribution in [0.4, 0.5) is 0 Å². The molecule has 0 bridgehead atoms. The van der Waals surface area contributed by atoms with Gasteiger partial charge in [-0.2, -0.15) is 5.48 Å². The molecule has 16 heavy (non-hydrogen) atoms. The lowest BCUT2D eigenvalue weighted by atomic mass is 9.89. The second kappa shape index (κ2) is 3.82. The topological polar surface area (TPSA) is 61.7 Å². The molecule has 1 aromatic rings. The van der Waals surface area contributed by atoms with E-state index in [1.54, 1.807) is 13.8 Å². The van der Waals surface area contributed by atoms with E-state index < -0.39 is 11.3 Å². The van der Waals surface area contributed by atoms with Gasteiger partial charge in [0, 0.05) is 6.42 Å². The highest BCUT2D eigenvalue weighted by Gasteiger charge is 2.49. The van der Waals surface area contributed by atoms with Crippen LogP contribution in [0.2, 0.25) is 0 Å². The molecular weight excluding hydrogens is 206 g/mol. The van der Waals surface area contributed by atoms with E-state index in [0.717, 1.165) is 5.56 Å². The quantitative estimate of drug-likeness (QED) is 0.703. The van der Waals surface area contributed by atoms with Crippen molar-refractivity contribution in [1.29, 1.82) is 0 Å². The summed E-state index contributed by atoms with van der Waals surface area (Å²) >= 11 is 0. The average molecular weight is 223 g/mol. The van der Waals surface area contributed by atoms with Gasteiger partial charge in [-0.1, -0.05) is 30.3 Å². The molecule has 1 aliphatic rings. The van der Waals surface area contributed by atoms with Gasteiger partial charge in [-0.3, -0.25) is 4.84 Å². The summed E-state index contributed by atoms with van der Waals surface area (Å²) in [4.78, 5) is 5.32. The lowest BCUT2D eigenvalue weighted by Gasteiger charge is -2.33. The molecule has 1 aliphatic heterocycles. The van der Waals surface area contributed by atoms with Crippen LogP contribution in [-0.2, 0) is 4.84 Å². The van der Waals surface area contributed by atoms with E-state index in [0.29, 0.717) is 6.42 Å². The summed E-state index contributed by atoms with van der Waals surface area (Å²) in [5.41, 5.74) is 0.846. The molecule has 0 amide bonds. The Hall–Kier alpha value is -0.940. The van der Waals surface area contributed by atoms with Gasteiger partial charge in [0.15, 0.2) is 5.72 Å². The zero-order valence-corrected chi connectivity index (χ0v) is 9.47. The van der Waals surface area contributed by atoms with E-state index in [-0.39, 0.29) is 6.10 Å². The molecule has 1 aromatic carbocycles. The maximum atomic E-state index is 10.2. The van der Waals surface area contributed by atoms with E-state index in [1.165, 1.54) is 0 Å². The van der Waals surface area contributed by atoms with E-state index in [9.17, 15) is 10.2 Å². The first-order valence-electron chi connectivity index (χ1n) is 5.35. The molecule has 0 saturated carbocycles. The molecule has 0 aliphatic carbocycles. The van der Waals surface area contributed by atoms with Crippen molar-refractivity contribution in [3.8, 4) is 0 Å². The molecule has 4 nitrogen and oxygen atoms in total. The molecule has 1 fully saturated rings. The standard InChI is InChI=1S/C12H17NO3/c1-11(2,14)12(15)8-10(16-13-12)9-6-4-3-5-7-9/h3-7,10,13-15H,8H2,1-2H3. The third kappa shape index (κ3) is 1.97. The molecule has 0 aromatic heterocycles. The van der Waals surface area contributed by atoms with Crippen molar-refractivity contribution in [3.63, 3.8) is 0 Å². The van der Waals surface area contributed by atoms with Crippen LogP contribution in [0, 0.1) is 0 Å². The maximum absolute atomic E-state index is 10.2. The van der Waals surface area contributed by atoms with Crippen LogP contribution in [-0.4, -0.2) is 21.5 Å². The minimum absolute atomic E-state index is 0.238. The summed E-state index contributed by atoms with van der Waals surface area (Å²) < 4.78 is 0. The molecular formula is C12H17NO3. The van der Waals surface area contributed by atoms with Crippen molar-refractivity contribution >= 4 is 0 Å². The number of benzene rings is 1. The summed E-state index contributed by atoms with van der Waals surface area (Å²) in [6.45, 7) is 3.10. The molecule has 2 atom stereocenters. The Morgan fingerprint density at radius 2 is 2.00 bits per heavy atom. The van der Waals surface area contributed by atoms with Gasteiger partial charge in [0.1, 0.15) is 11.7 Å². The first kappa shape index (κ1) is 11.5. The van der Waals surface area contributed by atoms with Crippen molar-refractivity contribution in [2.75, 3.05) is 0 Å². The summed E-state index contributed by atoms with van der Waals surface area (Å²) in [6.07, 6.45) is 0.0816. The highest BCUT2D eigenvalue weighted by Crippen LogP contribution is 2.37. The molecule has 1 saturated heterocycles. The average Bonchev–Trinajstić information content (AvgIpc) is 2.63. The third-order valence-corrected chi connectivity index (χ3v) is 3.03. The molecule has 0 spiro atoms. The summed E-state index contributed by atoms with van der Waals surface area (Å²) in [5, 5.41) is 20.0. The predicted molar refractivity (Wildman–Crippen MR) is 59.3 cm³/mol. The van der Waals surface area contributed by atoms with Crippen molar-refractivity contribution in [3.05, 3.63) is 35.9 Å². The molecule has 2 unspecified atom stereocenters. The Balaban J connectivity index is 2.15. The number of hydrogen-bond donors (Lipinski definition) is 3. The SMILES string of the molecule is CC(C)(O)C1(O)CC(c2ccccc2)ON1. The van der Waals surface area contributed by atoms with Crippen molar-refractivity contribution in [2.24, 2.45) is 0 Å². The Morgan fingerprint density at radius 3 is 2.50 bits per heavy atom.